The molecule has 2 N–H and O–H groups in total. The summed E-state index contributed by atoms with van der Waals surface area (Å²) in [5.74, 6) is 1.24. The van der Waals surface area contributed by atoms with Gasteiger partial charge in [-0.25, -0.2) is 18.1 Å². The Kier molecular flexibility index (Phi) is 8.35. The van der Waals surface area contributed by atoms with Gasteiger partial charge in [0.05, 0.1) is 25.1 Å². The number of anilines is 1. The Morgan fingerprint density at radius 1 is 1.03 bits per heavy atom. The molecule has 4 rings (SSSR count). The number of nitrogens with one attached hydrogen (secondary N) is 1. The second-order valence-corrected chi connectivity index (χ2v) is 11.0. The predicted octanol–water partition coefficient (Wildman–Crippen LogP) is 2.93. The van der Waals surface area contributed by atoms with Crippen LogP contribution in [0.5, 0.6) is 0 Å². The Hall–Kier alpha value is -2.00. The van der Waals surface area contributed by atoms with E-state index in [0.717, 1.165) is 38.0 Å². The summed E-state index contributed by atoms with van der Waals surface area (Å²) in [4.78, 5) is 6.67. The van der Waals surface area contributed by atoms with Crippen LogP contribution in [0.3, 0.4) is 0 Å². The fourth-order valence-corrected chi connectivity index (χ4v) is 6.19. The topological polar surface area (TPSA) is 91.8 Å². The molecule has 7 nitrogen and oxygen atoms in total. The number of hydrogen-bond donors (Lipinski definition) is 2. The summed E-state index contributed by atoms with van der Waals surface area (Å²) in [6.45, 7) is 1.54. The van der Waals surface area contributed by atoms with Crippen molar-refractivity contribution in [2.45, 2.75) is 50.2 Å². The number of piperidine rings is 1. The minimum absolute atomic E-state index is 0.0149. The molecule has 1 aromatic heterocycles. The number of aliphatic hydroxyl groups is 1. The molecule has 1 aliphatic carbocycles. The van der Waals surface area contributed by atoms with Gasteiger partial charge in [-0.05, 0) is 55.7 Å². The number of aliphatic hydroxyl groups excluding tert-OH is 1. The molecule has 33 heavy (non-hydrogen) atoms. The quantitative estimate of drug-likeness (QED) is 0.582. The van der Waals surface area contributed by atoms with Gasteiger partial charge in [0.15, 0.2) is 0 Å². The number of benzene rings is 1. The fourth-order valence-electron chi connectivity index (χ4n) is 5.06. The van der Waals surface area contributed by atoms with Crippen molar-refractivity contribution in [3.05, 3.63) is 60.3 Å². The second kappa shape index (κ2) is 11.4. The molecule has 0 radical (unpaired) electrons. The van der Waals surface area contributed by atoms with Gasteiger partial charge in [0.25, 0.3) is 0 Å². The molecule has 1 saturated heterocycles. The van der Waals surface area contributed by atoms with Crippen molar-refractivity contribution in [1.29, 1.82) is 0 Å². The molecule has 2 aliphatic rings. The predicted molar refractivity (Wildman–Crippen MR) is 130 cm³/mol. The molecule has 8 heteroatoms. The van der Waals surface area contributed by atoms with Crippen LogP contribution in [0.2, 0.25) is 0 Å². The zero-order valence-electron chi connectivity index (χ0n) is 19.1. The summed E-state index contributed by atoms with van der Waals surface area (Å²) in [6.07, 6.45) is 6.95. The smallest absolute Gasteiger partial charge is 0.214 e. The van der Waals surface area contributed by atoms with Gasteiger partial charge < -0.3 is 14.7 Å². The average Bonchev–Trinajstić information content (AvgIpc) is 2.84. The van der Waals surface area contributed by atoms with Gasteiger partial charge >= 0.3 is 0 Å². The first-order chi connectivity index (χ1) is 16.0. The van der Waals surface area contributed by atoms with Crippen LogP contribution < -0.4 is 9.62 Å². The highest BCUT2D eigenvalue weighted by Crippen LogP contribution is 2.34. The largest absolute Gasteiger partial charge is 0.395 e. The van der Waals surface area contributed by atoms with Crippen LogP contribution in [0.15, 0.2) is 54.7 Å². The molecule has 0 unspecified atom stereocenters. The molecule has 1 aliphatic heterocycles. The van der Waals surface area contributed by atoms with Crippen LogP contribution >= 0.6 is 0 Å². The highest BCUT2D eigenvalue weighted by Gasteiger charge is 2.34. The van der Waals surface area contributed by atoms with E-state index < -0.39 is 10.0 Å². The summed E-state index contributed by atoms with van der Waals surface area (Å²) in [6, 6.07) is 16.3. The Labute approximate surface area is 197 Å². The van der Waals surface area contributed by atoms with E-state index in [1.54, 1.807) is 6.20 Å². The van der Waals surface area contributed by atoms with Crippen molar-refractivity contribution in [3.63, 3.8) is 0 Å². The fraction of sp³-hybridized carbons (Fsp3) is 0.560. The van der Waals surface area contributed by atoms with Crippen LogP contribution in [0.1, 0.15) is 43.6 Å². The van der Waals surface area contributed by atoms with E-state index in [1.807, 2.05) is 18.2 Å². The van der Waals surface area contributed by atoms with Gasteiger partial charge in [0.1, 0.15) is 5.82 Å². The van der Waals surface area contributed by atoms with E-state index in [4.69, 9.17) is 9.84 Å². The molecule has 0 spiro atoms. The van der Waals surface area contributed by atoms with Crippen molar-refractivity contribution in [1.82, 2.24) is 9.71 Å². The van der Waals surface area contributed by atoms with Crippen LogP contribution in [0.4, 0.5) is 5.82 Å². The number of hydrogen-bond acceptors (Lipinski definition) is 6. The molecule has 1 saturated carbocycles. The molecule has 2 fully saturated rings. The first-order valence-corrected chi connectivity index (χ1v) is 13.6. The van der Waals surface area contributed by atoms with Gasteiger partial charge in [-0.3, -0.25) is 0 Å². The lowest BCUT2D eigenvalue weighted by molar-refractivity contribution is -0.00215. The van der Waals surface area contributed by atoms with Crippen molar-refractivity contribution in [2.75, 3.05) is 37.0 Å². The van der Waals surface area contributed by atoms with Crippen molar-refractivity contribution >= 4 is 15.8 Å². The second-order valence-electron chi connectivity index (χ2n) is 9.17. The SMILES string of the molecule is O=S(=O)(CCO)N[C@H]1CCN(c2ccccn2)C[C@H]1COC1CCC(c2ccccc2)CC1. The van der Waals surface area contributed by atoms with E-state index >= 15 is 0 Å². The lowest BCUT2D eigenvalue weighted by Gasteiger charge is -2.40. The maximum absolute atomic E-state index is 12.3. The highest BCUT2D eigenvalue weighted by atomic mass is 32.2. The molecule has 0 amide bonds. The summed E-state index contributed by atoms with van der Waals surface area (Å²) in [7, 11) is -3.52. The van der Waals surface area contributed by atoms with Crippen molar-refractivity contribution in [2.24, 2.45) is 5.92 Å². The zero-order valence-corrected chi connectivity index (χ0v) is 19.9. The minimum Gasteiger partial charge on any atom is -0.395 e. The standard InChI is InChI=1S/C25H35N3O4S/c29-16-17-33(30,31)27-24-13-15-28(25-8-4-5-14-26-25)18-22(24)19-32-23-11-9-21(10-12-23)20-6-2-1-3-7-20/h1-8,14,21-24,27,29H,9-13,15-19H2/t21?,22-,23?,24-/m0/s1. The Bertz CT molecular complexity index is 950. The van der Waals surface area contributed by atoms with Crippen molar-refractivity contribution < 1.29 is 18.3 Å². The maximum atomic E-state index is 12.3. The molecule has 0 bridgehead atoms. The summed E-state index contributed by atoms with van der Waals surface area (Å²) >= 11 is 0. The molecule has 180 valence electrons. The highest BCUT2D eigenvalue weighted by molar-refractivity contribution is 7.89. The van der Waals surface area contributed by atoms with Crippen LogP contribution in [0, 0.1) is 5.92 Å². The lowest BCUT2D eigenvalue weighted by atomic mass is 9.82. The first-order valence-electron chi connectivity index (χ1n) is 12.0. The van der Waals surface area contributed by atoms with Gasteiger partial charge in [-0.2, -0.15) is 0 Å². The summed E-state index contributed by atoms with van der Waals surface area (Å²) < 4.78 is 33.9. The van der Waals surface area contributed by atoms with E-state index in [-0.39, 0.29) is 30.4 Å². The molecular formula is C25H35N3O4S. The first kappa shape index (κ1) is 24.1. The van der Waals surface area contributed by atoms with Crippen LogP contribution in [-0.2, 0) is 14.8 Å². The third-order valence-electron chi connectivity index (χ3n) is 6.89. The molecule has 2 heterocycles. The minimum atomic E-state index is -3.52. The Morgan fingerprint density at radius 3 is 2.48 bits per heavy atom. The number of rotatable bonds is 9. The average molecular weight is 474 g/mol. The molecular weight excluding hydrogens is 438 g/mol. The van der Waals surface area contributed by atoms with Gasteiger partial charge in [0, 0.05) is 31.2 Å². The maximum Gasteiger partial charge on any atom is 0.214 e. The lowest BCUT2D eigenvalue weighted by Crippen LogP contribution is -2.53. The zero-order chi connectivity index (χ0) is 23.1. The van der Waals surface area contributed by atoms with E-state index in [1.165, 1.54) is 5.56 Å². The molecule has 2 atom stereocenters. The van der Waals surface area contributed by atoms with E-state index in [9.17, 15) is 8.42 Å². The third-order valence-corrected chi connectivity index (χ3v) is 8.27. The monoisotopic (exact) mass is 473 g/mol. The molecule has 1 aromatic carbocycles. The van der Waals surface area contributed by atoms with Crippen LogP contribution in [0.25, 0.3) is 0 Å². The number of ether oxygens (including phenoxy) is 1. The number of sulfonamides is 1. The van der Waals surface area contributed by atoms with E-state index in [2.05, 4.69) is 44.9 Å². The van der Waals surface area contributed by atoms with Gasteiger partial charge in [0.2, 0.25) is 10.0 Å². The Balaban J connectivity index is 1.36. The number of aromatic nitrogens is 1. The molecule has 2 aromatic rings. The summed E-state index contributed by atoms with van der Waals surface area (Å²) in [5, 5.41) is 9.10. The van der Waals surface area contributed by atoms with Gasteiger partial charge in [-0.1, -0.05) is 36.4 Å². The van der Waals surface area contributed by atoms with E-state index in [0.29, 0.717) is 25.5 Å². The summed E-state index contributed by atoms with van der Waals surface area (Å²) in [5.41, 5.74) is 1.41. The Morgan fingerprint density at radius 2 is 1.79 bits per heavy atom. The number of nitrogens with zero attached hydrogens (tertiary/aromatic N) is 2. The third kappa shape index (κ3) is 6.76. The van der Waals surface area contributed by atoms with Crippen molar-refractivity contribution in [3.8, 4) is 0 Å². The van der Waals surface area contributed by atoms with Crippen LogP contribution in [-0.4, -0.2) is 62.7 Å². The number of pyridine rings is 1. The van der Waals surface area contributed by atoms with Gasteiger partial charge in [-0.15, -0.1) is 0 Å². The normalized spacial score (nSPS) is 26.3.